The SMILES string of the molecule is N=C1C(Br)C=NC(N)(c2ccc(F)c(Cl)c2)N1CCc1ccncc1. The molecule has 1 aromatic heterocycles. The second-order valence-electron chi connectivity index (χ2n) is 5.68. The molecule has 0 aliphatic carbocycles. The Bertz CT molecular complexity index is 816. The molecule has 2 heterocycles. The van der Waals surface area contributed by atoms with Crippen LogP contribution in [0.25, 0.3) is 0 Å². The maximum atomic E-state index is 13.5. The van der Waals surface area contributed by atoms with E-state index in [1.165, 1.54) is 12.1 Å². The van der Waals surface area contributed by atoms with Gasteiger partial charge in [0.2, 0.25) is 5.79 Å². The van der Waals surface area contributed by atoms with E-state index in [1.54, 1.807) is 29.6 Å². The second-order valence-corrected chi connectivity index (χ2v) is 7.07. The number of halogens is 3. The number of pyridine rings is 1. The highest BCUT2D eigenvalue weighted by Gasteiger charge is 2.40. The number of hydrogen-bond acceptors (Lipinski definition) is 4. The molecule has 1 aliphatic rings. The molecule has 0 saturated heterocycles. The molecule has 130 valence electrons. The summed E-state index contributed by atoms with van der Waals surface area (Å²) in [5, 5.41) is 8.38. The highest BCUT2D eigenvalue weighted by atomic mass is 79.9. The van der Waals surface area contributed by atoms with Gasteiger partial charge in [-0.15, -0.1) is 0 Å². The van der Waals surface area contributed by atoms with Crippen LogP contribution in [0.3, 0.4) is 0 Å². The number of nitrogens with zero attached hydrogens (tertiary/aromatic N) is 3. The molecular weight excluding hydrogens is 409 g/mol. The van der Waals surface area contributed by atoms with E-state index in [2.05, 4.69) is 25.9 Å². The van der Waals surface area contributed by atoms with Gasteiger partial charge < -0.3 is 4.90 Å². The third kappa shape index (κ3) is 3.58. The van der Waals surface area contributed by atoms with E-state index in [4.69, 9.17) is 22.7 Å². The fraction of sp³-hybridized carbons (Fsp3) is 0.235. The maximum absolute atomic E-state index is 13.5. The van der Waals surface area contributed by atoms with E-state index in [1.807, 2.05) is 12.1 Å². The normalized spacial score (nSPS) is 23.1. The van der Waals surface area contributed by atoms with Gasteiger partial charge in [-0.1, -0.05) is 33.6 Å². The fourth-order valence-electron chi connectivity index (χ4n) is 2.69. The zero-order valence-electron chi connectivity index (χ0n) is 13.2. The predicted octanol–water partition coefficient (Wildman–Crippen LogP) is 3.31. The molecule has 3 N–H and O–H groups in total. The number of rotatable bonds is 4. The highest BCUT2D eigenvalue weighted by Crippen LogP contribution is 2.32. The summed E-state index contributed by atoms with van der Waals surface area (Å²) in [6.07, 6.45) is 5.67. The van der Waals surface area contributed by atoms with Gasteiger partial charge in [0.1, 0.15) is 16.5 Å². The Morgan fingerprint density at radius 3 is 2.72 bits per heavy atom. The van der Waals surface area contributed by atoms with Crippen molar-refractivity contribution in [1.29, 1.82) is 5.41 Å². The predicted molar refractivity (Wildman–Crippen MR) is 101 cm³/mol. The highest BCUT2D eigenvalue weighted by molar-refractivity contribution is 9.10. The molecule has 3 rings (SSSR count). The molecule has 25 heavy (non-hydrogen) atoms. The van der Waals surface area contributed by atoms with Gasteiger partial charge in [0, 0.05) is 30.7 Å². The molecule has 2 aromatic rings. The summed E-state index contributed by atoms with van der Waals surface area (Å²) in [7, 11) is 0. The summed E-state index contributed by atoms with van der Waals surface area (Å²) in [6.45, 7) is 0.466. The first-order valence-electron chi connectivity index (χ1n) is 7.60. The van der Waals surface area contributed by atoms with E-state index >= 15 is 0 Å². The van der Waals surface area contributed by atoms with Gasteiger partial charge in [-0.2, -0.15) is 0 Å². The summed E-state index contributed by atoms with van der Waals surface area (Å²) in [4.78, 5) is 9.78. The molecule has 0 saturated carbocycles. The van der Waals surface area contributed by atoms with Crippen LogP contribution in [0, 0.1) is 11.2 Å². The average molecular weight is 425 g/mol. The summed E-state index contributed by atoms with van der Waals surface area (Å²) in [6, 6.07) is 8.08. The number of nitrogens with one attached hydrogen (secondary N) is 1. The maximum Gasteiger partial charge on any atom is 0.212 e. The lowest BCUT2D eigenvalue weighted by Crippen LogP contribution is -2.59. The monoisotopic (exact) mass is 423 g/mol. The molecule has 8 heteroatoms. The molecule has 1 aromatic carbocycles. The van der Waals surface area contributed by atoms with Gasteiger partial charge in [-0.05, 0) is 36.2 Å². The van der Waals surface area contributed by atoms with Crippen LogP contribution in [0.4, 0.5) is 4.39 Å². The molecule has 0 spiro atoms. The zero-order chi connectivity index (χ0) is 18.0. The van der Waals surface area contributed by atoms with Gasteiger partial charge in [-0.25, -0.2) is 9.38 Å². The number of nitrogens with two attached hydrogens (primary N) is 1. The van der Waals surface area contributed by atoms with Crippen molar-refractivity contribution in [2.24, 2.45) is 10.7 Å². The summed E-state index contributed by atoms with van der Waals surface area (Å²) >= 11 is 9.31. The van der Waals surface area contributed by atoms with Gasteiger partial charge in [0.15, 0.2) is 0 Å². The Morgan fingerprint density at radius 1 is 1.32 bits per heavy atom. The largest absolute Gasteiger partial charge is 0.318 e. The average Bonchev–Trinajstić information content (AvgIpc) is 2.61. The minimum atomic E-state index is -1.31. The Balaban J connectivity index is 1.94. The van der Waals surface area contributed by atoms with Crippen molar-refractivity contribution >= 4 is 39.6 Å². The number of alkyl halides is 1. The van der Waals surface area contributed by atoms with Gasteiger partial charge in [0.25, 0.3) is 0 Å². The van der Waals surface area contributed by atoms with Crippen molar-refractivity contribution in [2.45, 2.75) is 17.0 Å². The smallest absolute Gasteiger partial charge is 0.212 e. The van der Waals surface area contributed by atoms with Crippen LogP contribution in [0.15, 0.2) is 47.7 Å². The summed E-state index contributed by atoms with van der Waals surface area (Å²) in [5.74, 6) is -1.55. The van der Waals surface area contributed by atoms with E-state index in [-0.39, 0.29) is 15.7 Å². The second kappa shape index (κ2) is 7.19. The number of aliphatic imine (C=N–C) groups is 1. The zero-order valence-corrected chi connectivity index (χ0v) is 15.5. The number of amidine groups is 1. The first kappa shape index (κ1) is 18.0. The number of benzene rings is 1. The molecule has 2 atom stereocenters. The van der Waals surface area contributed by atoms with Crippen LogP contribution < -0.4 is 5.73 Å². The van der Waals surface area contributed by atoms with Crippen LogP contribution in [0.1, 0.15) is 11.1 Å². The first-order valence-corrected chi connectivity index (χ1v) is 8.90. The topological polar surface area (TPSA) is 78.4 Å². The molecule has 2 unspecified atom stereocenters. The third-order valence-electron chi connectivity index (χ3n) is 4.08. The first-order chi connectivity index (χ1) is 11.9. The van der Waals surface area contributed by atoms with Gasteiger partial charge in [0.05, 0.1) is 5.02 Å². The van der Waals surface area contributed by atoms with E-state index in [0.717, 1.165) is 5.56 Å². The van der Waals surface area contributed by atoms with Crippen molar-refractivity contribution < 1.29 is 4.39 Å². The lowest BCUT2D eigenvalue weighted by Gasteiger charge is -2.43. The molecule has 0 bridgehead atoms. The Hall–Kier alpha value is -1.83. The summed E-state index contributed by atoms with van der Waals surface area (Å²) in [5.41, 5.74) is 8.13. The molecule has 0 amide bonds. The Morgan fingerprint density at radius 2 is 2.04 bits per heavy atom. The van der Waals surface area contributed by atoms with Crippen molar-refractivity contribution in [3.63, 3.8) is 0 Å². The molecule has 0 fully saturated rings. The Labute approximate surface area is 158 Å². The number of aromatic nitrogens is 1. The molecule has 1 aliphatic heterocycles. The van der Waals surface area contributed by atoms with Crippen LogP contribution >= 0.6 is 27.5 Å². The van der Waals surface area contributed by atoms with Crippen LogP contribution in [-0.4, -0.2) is 33.3 Å². The van der Waals surface area contributed by atoms with Gasteiger partial charge >= 0.3 is 0 Å². The van der Waals surface area contributed by atoms with Crippen LogP contribution in [0.2, 0.25) is 5.02 Å². The summed E-state index contributed by atoms with van der Waals surface area (Å²) < 4.78 is 13.5. The van der Waals surface area contributed by atoms with Crippen LogP contribution in [0.5, 0.6) is 0 Å². The van der Waals surface area contributed by atoms with E-state index in [0.29, 0.717) is 18.5 Å². The van der Waals surface area contributed by atoms with Crippen molar-refractivity contribution in [2.75, 3.05) is 6.54 Å². The van der Waals surface area contributed by atoms with Crippen LogP contribution in [-0.2, 0) is 12.2 Å². The standard InChI is InChI=1S/C17H16BrClFN5/c18-13-10-24-17(22,12-1-2-15(20)14(19)9-12)25(16(13)21)8-5-11-3-6-23-7-4-11/h1-4,6-7,9-10,13,21H,5,8,22H2. The minimum Gasteiger partial charge on any atom is -0.318 e. The third-order valence-corrected chi connectivity index (χ3v) is 5.04. The van der Waals surface area contributed by atoms with E-state index < -0.39 is 11.6 Å². The van der Waals surface area contributed by atoms with Crippen molar-refractivity contribution in [3.8, 4) is 0 Å². The quantitative estimate of drug-likeness (QED) is 0.739. The van der Waals surface area contributed by atoms with Gasteiger partial charge in [-0.3, -0.25) is 16.1 Å². The van der Waals surface area contributed by atoms with Crippen molar-refractivity contribution in [1.82, 2.24) is 9.88 Å². The lowest BCUT2D eigenvalue weighted by molar-refractivity contribution is 0.183. The minimum absolute atomic E-state index is 0.0286. The van der Waals surface area contributed by atoms with E-state index in [9.17, 15) is 4.39 Å². The fourth-order valence-corrected chi connectivity index (χ4v) is 3.23. The van der Waals surface area contributed by atoms with Crippen molar-refractivity contribution in [3.05, 3.63) is 64.7 Å². The Kier molecular flexibility index (Phi) is 5.17. The number of hydrogen-bond donors (Lipinski definition) is 2. The lowest BCUT2D eigenvalue weighted by atomic mass is 10.0. The molecule has 0 radical (unpaired) electrons. The molecule has 5 nitrogen and oxygen atoms in total. The molecular formula is C17H16BrClFN5.